The van der Waals surface area contributed by atoms with Crippen molar-refractivity contribution in [2.24, 2.45) is 5.92 Å². The van der Waals surface area contributed by atoms with Crippen molar-refractivity contribution < 1.29 is 9.90 Å². The van der Waals surface area contributed by atoms with Crippen LogP contribution in [0.3, 0.4) is 0 Å². The van der Waals surface area contributed by atoms with Crippen LogP contribution in [0.1, 0.15) is 32.8 Å². The summed E-state index contributed by atoms with van der Waals surface area (Å²) in [6.07, 6.45) is 0.722. The second-order valence-electron chi connectivity index (χ2n) is 3.94. The van der Waals surface area contributed by atoms with Gasteiger partial charge in [-0.1, -0.05) is 44.2 Å². The fourth-order valence-corrected chi connectivity index (χ4v) is 1.16. The number of aliphatic hydroxyl groups is 1. The van der Waals surface area contributed by atoms with Crippen LogP contribution >= 0.6 is 0 Å². The normalized spacial score (nSPS) is 9.40. The SMILES string of the molecule is CC(=O)CC(C)C.OCc1ccccc1. The first kappa shape index (κ1) is 13.8. The molecule has 1 rings (SSSR count). The van der Waals surface area contributed by atoms with Crippen molar-refractivity contribution in [1.82, 2.24) is 0 Å². The molecule has 1 N–H and O–H groups in total. The Balaban J connectivity index is 0.000000265. The lowest BCUT2D eigenvalue weighted by molar-refractivity contribution is -0.117. The Morgan fingerprint density at radius 2 is 1.80 bits per heavy atom. The Labute approximate surface area is 91.9 Å². The monoisotopic (exact) mass is 208 g/mol. The average molecular weight is 208 g/mol. The molecule has 84 valence electrons. The highest BCUT2D eigenvalue weighted by atomic mass is 16.3. The summed E-state index contributed by atoms with van der Waals surface area (Å²) in [5, 5.41) is 8.54. The molecule has 0 saturated heterocycles. The fraction of sp³-hybridized carbons (Fsp3) is 0.462. The van der Waals surface area contributed by atoms with Crippen LogP contribution in [0.15, 0.2) is 30.3 Å². The third-order valence-corrected chi connectivity index (χ3v) is 1.72. The van der Waals surface area contributed by atoms with Crippen molar-refractivity contribution in [3.63, 3.8) is 0 Å². The van der Waals surface area contributed by atoms with E-state index in [0.29, 0.717) is 5.92 Å². The molecule has 0 fully saturated rings. The van der Waals surface area contributed by atoms with Crippen LogP contribution in [-0.2, 0) is 11.4 Å². The fourth-order valence-electron chi connectivity index (χ4n) is 1.16. The third kappa shape index (κ3) is 9.16. The molecule has 0 aromatic heterocycles. The molecular weight excluding hydrogens is 188 g/mol. The van der Waals surface area contributed by atoms with E-state index in [1.165, 1.54) is 0 Å². The maximum Gasteiger partial charge on any atom is 0.130 e. The summed E-state index contributed by atoms with van der Waals surface area (Å²) in [4.78, 5) is 10.3. The zero-order chi connectivity index (χ0) is 11.7. The van der Waals surface area contributed by atoms with E-state index in [4.69, 9.17) is 5.11 Å². The van der Waals surface area contributed by atoms with Gasteiger partial charge in [-0.25, -0.2) is 0 Å². The molecule has 1 aromatic carbocycles. The van der Waals surface area contributed by atoms with Crippen LogP contribution < -0.4 is 0 Å². The summed E-state index contributed by atoms with van der Waals surface area (Å²) < 4.78 is 0. The zero-order valence-electron chi connectivity index (χ0n) is 9.73. The minimum Gasteiger partial charge on any atom is -0.392 e. The van der Waals surface area contributed by atoms with Gasteiger partial charge in [-0.15, -0.1) is 0 Å². The molecule has 1 aromatic rings. The molecule has 0 radical (unpaired) electrons. The summed E-state index contributed by atoms with van der Waals surface area (Å²) in [5.74, 6) is 0.813. The maximum atomic E-state index is 10.3. The number of hydrogen-bond acceptors (Lipinski definition) is 2. The number of carbonyl (C=O) groups is 1. The number of rotatable bonds is 3. The highest BCUT2D eigenvalue weighted by Gasteiger charge is 1.95. The van der Waals surface area contributed by atoms with Gasteiger partial charge in [-0.05, 0) is 18.4 Å². The number of Topliss-reactive ketones (excluding diaryl/α,β-unsaturated/α-hetero) is 1. The second-order valence-corrected chi connectivity index (χ2v) is 3.94. The average Bonchev–Trinajstić information content (AvgIpc) is 2.18. The molecule has 0 bridgehead atoms. The van der Waals surface area contributed by atoms with Crippen molar-refractivity contribution in [2.45, 2.75) is 33.8 Å². The summed E-state index contributed by atoms with van der Waals surface area (Å²) >= 11 is 0. The Morgan fingerprint density at radius 1 is 1.27 bits per heavy atom. The second kappa shape index (κ2) is 8.18. The molecule has 0 aliphatic heterocycles. The number of hydrogen-bond donors (Lipinski definition) is 1. The number of carbonyl (C=O) groups excluding carboxylic acids is 1. The van der Waals surface area contributed by atoms with Gasteiger partial charge in [0.05, 0.1) is 6.61 Å². The Hall–Kier alpha value is -1.15. The van der Waals surface area contributed by atoms with Crippen LogP contribution in [0, 0.1) is 5.92 Å². The molecule has 0 atom stereocenters. The predicted molar refractivity (Wildman–Crippen MR) is 62.5 cm³/mol. The van der Waals surface area contributed by atoms with Crippen LogP contribution in [0.2, 0.25) is 0 Å². The number of aliphatic hydroxyl groups excluding tert-OH is 1. The molecular formula is C13H20O2. The van der Waals surface area contributed by atoms with E-state index in [2.05, 4.69) is 0 Å². The van der Waals surface area contributed by atoms with Crippen molar-refractivity contribution >= 4 is 5.78 Å². The Bertz CT molecular complexity index is 265. The van der Waals surface area contributed by atoms with Gasteiger partial charge in [0.2, 0.25) is 0 Å². The van der Waals surface area contributed by atoms with E-state index >= 15 is 0 Å². The molecule has 0 unspecified atom stereocenters. The van der Waals surface area contributed by atoms with Gasteiger partial charge < -0.3 is 9.90 Å². The van der Waals surface area contributed by atoms with Crippen molar-refractivity contribution in [3.05, 3.63) is 35.9 Å². The van der Waals surface area contributed by atoms with E-state index in [1.807, 2.05) is 44.2 Å². The van der Waals surface area contributed by atoms with Gasteiger partial charge in [0, 0.05) is 6.42 Å². The minimum atomic E-state index is 0.140. The topological polar surface area (TPSA) is 37.3 Å². The molecule has 0 saturated carbocycles. The van der Waals surface area contributed by atoms with Crippen LogP contribution in [0.4, 0.5) is 0 Å². The summed E-state index contributed by atoms with van der Waals surface area (Å²) in [7, 11) is 0. The quantitative estimate of drug-likeness (QED) is 0.829. The van der Waals surface area contributed by atoms with Gasteiger partial charge >= 0.3 is 0 Å². The van der Waals surface area contributed by atoms with Crippen LogP contribution in [0.25, 0.3) is 0 Å². The minimum absolute atomic E-state index is 0.140. The van der Waals surface area contributed by atoms with Crippen molar-refractivity contribution in [2.75, 3.05) is 0 Å². The van der Waals surface area contributed by atoms with Gasteiger partial charge in [0.25, 0.3) is 0 Å². The molecule has 2 heteroatoms. The lowest BCUT2D eigenvalue weighted by atomic mass is 10.1. The summed E-state index contributed by atoms with van der Waals surface area (Å²) in [6, 6.07) is 9.52. The molecule has 0 heterocycles. The molecule has 0 spiro atoms. The first-order valence-electron chi connectivity index (χ1n) is 5.20. The van der Waals surface area contributed by atoms with Crippen molar-refractivity contribution in [1.29, 1.82) is 0 Å². The van der Waals surface area contributed by atoms with E-state index in [9.17, 15) is 4.79 Å². The zero-order valence-corrected chi connectivity index (χ0v) is 9.73. The maximum absolute atomic E-state index is 10.3. The van der Waals surface area contributed by atoms with Gasteiger partial charge in [-0.2, -0.15) is 0 Å². The van der Waals surface area contributed by atoms with E-state index in [-0.39, 0.29) is 12.4 Å². The third-order valence-electron chi connectivity index (χ3n) is 1.72. The number of benzene rings is 1. The summed E-state index contributed by atoms with van der Waals surface area (Å²) in [6.45, 7) is 5.85. The van der Waals surface area contributed by atoms with E-state index in [1.54, 1.807) is 6.92 Å². The van der Waals surface area contributed by atoms with Crippen LogP contribution in [0.5, 0.6) is 0 Å². The molecule has 0 aliphatic carbocycles. The lowest BCUT2D eigenvalue weighted by Crippen LogP contribution is -1.95. The highest BCUT2D eigenvalue weighted by molar-refractivity contribution is 5.75. The standard InChI is InChI=1S/C7H8O.C6H12O/c8-6-7-4-2-1-3-5-7;1-5(2)4-6(3)7/h1-5,8H,6H2;5H,4H2,1-3H3. The lowest BCUT2D eigenvalue weighted by Gasteiger charge is -1.95. The Kier molecular flexibility index (Phi) is 7.56. The first-order chi connectivity index (χ1) is 7.06. The van der Waals surface area contributed by atoms with Gasteiger partial charge in [-0.3, -0.25) is 0 Å². The molecule has 0 amide bonds. The van der Waals surface area contributed by atoms with Gasteiger partial charge in [0.15, 0.2) is 0 Å². The van der Waals surface area contributed by atoms with Crippen molar-refractivity contribution in [3.8, 4) is 0 Å². The van der Waals surface area contributed by atoms with E-state index < -0.39 is 0 Å². The van der Waals surface area contributed by atoms with Crippen LogP contribution in [-0.4, -0.2) is 10.9 Å². The van der Waals surface area contributed by atoms with E-state index in [0.717, 1.165) is 12.0 Å². The first-order valence-corrected chi connectivity index (χ1v) is 5.20. The highest BCUT2D eigenvalue weighted by Crippen LogP contribution is 1.97. The predicted octanol–water partition coefficient (Wildman–Crippen LogP) is 2.80. The number of ketones is 1. The molecule has 2 nitrogen and oxygen atoms in total. The largest absolute Gasteiger partial charge is 0.392 e. The smallest absolute Gasteiger partial charge is 0.130 e. The Morgan fingerprint density at radius 3 is 2.00 bits per heavy atom. The molecule has 0 aliphatic rings. The molecule has 15 heavy (non-hydrogen) atoms. The summed E-state index contributed by atoms with van der Waals surface area (Å²) in [5.41, 5.74) is 0.965. The van der Waals surface area contributed by atoms with Gasteiger partial charge in [0.1, 0.15) is 5.78 Å².